The Labute approximate surface area is 243 Å². The molecule has 5 rings (SSSR count). The van der Waals surface area contributed by atoms with E-state index < -0.39 is 27.9 Å². The van der Waals surface area contributed by atoms with Crippen molar-refractivity contribution in [1.29, 1.82) is 0 Å². The quantitative estimate of drug-likeness (QED) is 0.303. The minimum Gasteiger partial charge on any atom is -0.370 e. The molecule has 0 saturated heterocycles. The number of nitrogens with one attached hydrogen (secondary N) is 3. The molecule has 0 aliphatic carbocycles. The van der Waals surface area contributed by atoms with E-state index in [1.54, 1.807) is 24.3 Å². The number of halogens is 2. The van der Waals surface area contributed by atoms with Crippen molar-refractivity contribution in [1.82, 2.24) is 10.3 Å². The summed E-state index contributed by atoms with van der Waals surface area (Å²) in [5.74, 6) is -0.0562. The number of amides is 2. The van der Waals surface area contributed by atoms with Crippen molar-refractivity contribution >= 4 is 62.2 Å². The molecule has 1 aromatic heterocycles. The number of nitrogens with zero attached hydrogens (tertiary/aromatic N) is 2. The summed E-state index contributed by atoms with van der Waals surface area (Å²) in [5.41, 5.74) is 2.84. The summed E-state index contributed by atoms with van der Waals surface area (Å²) in [6.07, 6.45) is 4.12. The molecule has 3 aromatic rings. The predicted octanol–water partition coefficient (Wildman–Crippen LogP) is 4.79. The Morgan fingerprint density at radius 1 is 1.07 bits per heavy atom. The van der Waals surface area contributed by atoms with Gasteiger partial charge in [0.05, 0.1) is 32.7 Å². The van der Waals surface area contributed by atoms with Crippen molar-refractivity contribution in [3.05, 3.63) is 75.9 Å². The Balaban J connectivity index is 1.24. The Morgan fingerprint density at radius 3 is 2.73 bits per heavy atom. The van der Waals surface area contributed by atoms with Crippen LogP contribution in [0, 0.1) is 0 Å². The number of sulfonamides is 1. The molecule has 40 heavy (non-hydrogen) atoms. The van der Waals surface area contributed by atoms with Gasteiger partial charge in [-0.1, -0.05) is 41.4 Å². The molecule has 0 radical (unpaired) electrons. The van der Waals surface area contributed by atoms with Crippen LogP contribution in [-0.4, -0.2) is 44.3 Å². The van der Waals surface area contributed by atoms with Crippen LogP contribution in [0.1, 0.15) is 36.9 Å². The molecule has 2 amide bonds. The molecular formula is C28H29Cl2N5O4S. The van der Waals surface area contributed by atoms with Gasteiger partial charge in [-0.2, -0.15) is 0 Å². The second-order valence-corrected chi connectivity index (χ2v) is 12.4. The first-order chi connectivity index (χ1) is 19.2. The molecule has 0 bridgehead atoms. The second-order valence-electron chi connectivity index (χ2n) is 9.75. The van der Waals surface area contributed by atoms with Gasteiger partial charge in [0.2, 0.25) is 11.8 Å². The first-order valence-electron chi connectivity index (χ1n) is 13.1. The highest BCUT2D eigenvalue weighted by atomic mass is 35.5. The number of carbonyl (C=O) groups is 2. The number of hydrogen-bond acceptors (Lipinski definition) is 6. The third kappa shape index (κ3) is 6.04. The molecule has 1 atom stereocenters. The maximum absolute atomic E-state index is 13.8. The number of rotatable bonds is 9. The zero-order valence-electron chi connectivity index (χ0n) is 21.6. The fourth-order valence-electron chi connectivity index (χ4n) is 4.90. The van der Waals surface area contributed by atoms with Crippen molar-refractivity contribution in [2.24, 2.45) is 0 Å². The summed E-state index contributed by atoms with van der Waals surface area (Å²) >= 11 is 12.1. The van der Waals surface area contributed by atoms with Crippen LogP contribution in [0.25, 0.3) is 0 Å². The van der Waals surface area contributed by atoms with E-state index >= 15 is 0 Å². The van der Waals surface area contributed by atoms with Crippen molar-refractivity contribution in [3.63, 3.8) is 0 Å². The van der Waals surface area contributed by atoms with E-state index in [-0.39, 0.29) is 27.0 Å². The lowest BCUT2D eigenvalue weighted by Crippen LogP contribution is -2.52. The first kappa shape index (κ1) is 28.2. The lowest BCUT2D eigenvalue weighted by molar-refractivity contribution is -0.125. The molecule has 3 heterocycles. The predicted molar refractivity (Wildman–Crippen MR) is 157 cm³/mol. The van der Waals surface area contributed by atoms with E-state index in [1.165, 1.54) is 23.8 Å². The number of aryl methyl sites for hydroxylation is 2. The fourth-order valence-corrected chi connectivity index (χ4v) is 6.92. The minimum absolute atomic E-state index is 0.0635. The standard InChI is InChI=1S/C28H29Cl2N5O4S/c29-21-13-12-20(16-22(21)30)40(38,39)35-24-9-2-1-8-23(24)34-28(37)25(35)17-26(36)31-14-4-3-7-19-11-10-18-6-5-15-32-27(18)33-19/h1-2,8-13,16,25H,3-7,14-15,17H2,(H,31,36)(H,32,33)(H,34,37)/t25-/m1/s1. The maximum atomic E-state index is 13.8. The van der Waals surface area contributed by atoms with Crippen molar-refractivity contribution in [2.75, 3.05) is 28.0 Å². The number of hydrogen-bond donors (Lipinski definition) is 3. The van der Waals surface area contributed by atoms with E-state index in [2.05, 4.69) is 22.0 Å². The topological polar surface area (TPSA) is 121 Å². The van der Waals surface area contributed by atoms with Gasteiger partial charge in [0.15, 0.2) is 0 Å². The molecule has 2 aromatic carbocycles. The van der Waals surface area contributed by atoms with E-state index in [1.807, 2.05) is 6.07 Å². The van der Waals surface area contributed by atoms with Crippen LogP contribution >= 0.6 is 23.2 Å². The Kier molecular flexibility index (Phi) is 8.48. The Bertz CT molecular complexity index is 1550. The third-order valence-electron chi connectivity index (χ3n) is 6.95. The van der Waals surface area contributed by atoms with Crippen LogP contribution in [0.15, 0.2) is 59.5 Å². The zero-order chi connectivity index (χ0) is 28.3. The molecule has 0 unspecified atom stereocenters. The largest absolute Gasteiger partial charge is 0.370 e. The first-order valence-corrected chi connectivity index (χ1v) is 15.3. The van der Waals surface area contributed by atoms with Gasteiger partial charge in [0, 0.05) is 18.8 Å². The van der Waals surface area contributed by atoms with Crippen LogP contribution in [0.5, 0.6) is 0 Å². The smallest absolute Gasteiger partial charge is 0.265 e. The normalized spacial score (nSPS) is 16.4. The second kappa shape index (κ2) is 12.0. The fraction of sp³-hybridized carbons (Fsp3) is 0.321. The van der Waals surface area contributed by atoms with E-state index in [0.29, 0.717) is 18.7 Å². The molecule has 0 fully saturated rings. The van der Waals surface area contributed by atoms with Gasteiger partial charge in [-0.3, -0.25) is 13.9 Å². The molecule has 0 spiro atoms. The van der Waals surface area contributed by atoms with Gasteiger partial charge < -0.3 is 16.0 Å². The summed E-state index contributed by atoms with van der Waals surface area (Å²) in [4.78, 5) is 30.5. The van der Waals surface area contributed by atoms with Gasteiger partial charge in [0.1, 0.15) is 11.9 Å². The SMILES string of the molecule is O=C(C[C@@H]1C(=O)Nc2ccccc2N1S(=O)(=O)c1ccc(Cl)c(Cl)c1)NCCCCc1ccc2c(n1)NCCC2. The summed E-state index contributed by atoms with van der Waals surface area (Å²) in [7, 11) is -4.27. The minimum atomic E-state index is -4.27. The average molecular weight is 603 g/mol. The van der Waals surface area contributed by atoms with Gasteiger partial charge in [-0.15, -0.1) is 0 Å². The molecule has 210 valence electrons. The van der Waals surface area contributed by atoms with Crippen LogP contribution in [0.4, 0.5) is 17.2 Å². The molecule has 3 N–H and O–H groups in total. The average Bonchev–Trinajstić information content (AvgIpc) is 2.94. The van der Waals surface area contributed by atoms with Crippen molar-refractivity contribution in [3.8, 4) is 0 Å². The molecule has 12 heteroatoms. The molecule has 2 aliphatic heterocycles. The van der Waals surface area contributed by atoms with Gasteiger partial charge in [0.25, 0.3) is 10.0 Å². The highest BCUT2D eigenvalue weighted by Gasteiger charge is 2.42. The molecule has 2 aliphatic rings. The van der Waals surface area contributed by atoms with Crippen LogP contribution < -0.4 is 20.3 Å². The summed E-state index contributed by atoms with van der Waals surface area (Å²) in [6, 6.07) is 13.4. The van der Waals surface area contributed by atoms with Gasteiger partial charge in [-0.25, -0.2) is 13.4 Å². The van der Waals surface area contributed by atoms with Gasteiger partial charge in [-0.05, 0) is 74.1 Å². The van der Waals surface area contributed by atoms with Gasteiger partial charge >= 0.3 is 0 Å². The number of benzene rings is 2. The van der Waals surface area contributed by atoms with Crippen molar-refractivity contribution in [2.45, 2.75) is 49.5 Å². The van der Waals surface area contributed by atoms with Crippen LogP contribution in [0.3, 0.4) is 0 Å². The number of pyridine rings is 1. The number of unbranched alkanes of at least 4 members (excludes halogenated alkanes) is 1. The third-order valence-corrected chi connectivity index (χ3v) is 9.50. The van der Waals surface area contributed by atoms with Crippen LogP contribution in [-0.2, 0) is 32.5 Å². The monoisotopic (exact) mass is 601 g/mol. The summed E-state index contributed by atoms with van der Waals surface area (Å²) in [6.45, 7) is 1.33. The lowest BCUT2D eigenvalue weighted by atomic mass is 10.1. The van der Waals surface area contributed by atoms with Crippen LogP contribution in [0.2, 0.25) is 10.0 Å². The summed E-state index contributed by atoms with van der Waals surface area (Å²) in [5, 5.41) is 9.15. The highest BCUT2D eigenvalue weighted by molar-refractivity contribution is 7.93. The number of aromatic nitrogens is 1. The summed E-state index contributed by atoms with van der Waals surface area (Å²) < 4.78 is 28.5. The molecule has 0 saturated carbocycles. The number of fused-ring (bicyclic) bond motifs is 2. The Morgan fingerprint density at radius 2 is 1.90 bits per heavy atom. The lowest BCUT2D eigenvalue weighted by Gasteiger charge is -2.36. The highest BCUT2D eigenvalue weighted by Crippen LogP contribution is 2.38. The van der Waals surface area contributed by atoms with E-state index in [0.717, 1.165) is 48.0 Å². The number of carbonyl (C=O) groups excluding carboxylic acids is 2. The van der Waals surface area contributed by atoms with E-state index in [9.17, 15) is 18.0 Å². The van der Waals surface area contributed by atoms with Crippen molar-refractivity contribution < 1.29 is 18.0 Å². The van der Waals surface area contributed by atoms with E-state index in [4.69, 9.17) is 28.2 Å². The maximum Gasteiger partial charge on any atom is 0.265 e. The Hall–Kier alpha value is -3.34. The molecule has 9 nitrogen and oxygen atoms in total. The number of para-hydroxylation sites is 2. The molecular weight excluding hydrogens is 573 g/mol. The zero-order valence-corrected chi connectivity index (χ0v) is 24.0. The number of anilines is 3.